The molecule has 0 saturated carbocycles. The first kappa shape index (κ1) is 24.3. The molecule has 6 nitrogen and oxygen atoms in total. The van der Waals surface area contributed by atoms with Crippen molar-refractivity contribution in [2.75, 3.05) is 24.7 Å². The van der Waals surface area contributed by atoms with Crippen LogP contribution in [0.5, 0.6) is 0 Å². The van der Waals surface area contributed by atoms with Gasteiger partial charge in [-0.3, -0.25) is 4.90 Å². The second-order valence-electron chi connectivity index (χ2n) is 9.10. The van der Waals surface area contributed by atoms with E-state index in [4.69, 9.17) is 9.47 Å². The normalized spacial score (nSPS) is 22.9. The minimum Gasteiger partial charge on any atom is -0.439 e. The number of likely N-dealkylation sites (N-methyl/N-ethyl adjacent to an activating group) is 1. The summed E-state index contributed by atoms with van der Waals surface area (Å²) in [5, 5.41) is 0. The van der Waals surface area contributed by atoms with Gasteiger partial charge in [0, 0.05) is 24.9 Å². The molecule has 1 aromatic heterocycles. The van der Waals surface area contributed by atoms with E-state index < -0.39 is 30.0 Å². The largest absolute Gasteiger partial charge is 0.439 e. The van der Waals surface area contributed by atoms with Crippen molar-refractivity contribution in [3.05, 3.63) is 58.3 Å². The highest BCUT2D eigenvalue weighted by molar-refractivity contribution is 5.71. The second-order valence-corrected chi connectivity index (χ2v) is 9.10. The van der Waals surface area contributed by atoms with Crippen LogP contribution < -0.4 is 4.90 Å². The van der Waals surface area contributed by atoms with E-state index in [2.05, 4.69) is 16.8 Å². The number of pyridine rings is 1. The Morgan fingerprint density at radius 2 is 1.94 bits per heavy atom. The van der Waals surface area contributed by atoms with Gasteiger partial charge in [0.05, 0.1) is 30.8 Å². The predicted octanol–water partition coefficient (Wildman–Crippen LogP) is 5.41. The van der Waals surface area contributed by atoms with Gasteiger partial charge in [-0.25, -0.2) is 9.78 Å². The third kappa shape index (κ3) is 4.85. The van der Waals surface area contributed by atoms with E-state index >= 15 is 0 Å². The molecule has 2 aliphatic rings. The molecule has 2 aliphatic heterocycles. The van der Waals surface area contributed by atoms with Crippen LogP contribution in [0.3, 0.4) is 0 Å². The maximum absolute atomic E-state index is 13.4. The van der Waals surface area contributed by atoms with Crippen LogP contribution in [0.25, 0.3) is 0 Å². The Kier molecular flexibility index (Phi) is 6.75. The lowest BCUT2D eigenvalue weighted by Gasteiger charge is -2.31. The van der Waals surface area contributed by atoms with Gasteiger partial charge >= 0.3 is 12.3 Å². The van der Waals surface area contributed by atoms with Gasteiger partial charge in [-0.15, -0.1) is 0 Å². The molecule has 0 N–H and O–H groups in total. The zero-order valence-corrected chi connectivity index (χ0v) is 19.9. The molecule has 2 fully saturated rings. The number of halogens is 3. The highest BCUT2D eigenvalue weighted by atomic mass is 19.4. The minimum absolute atomic E-state index is 0.211. The van der Waals surface area contributed by atoms with Gasteiger partial charge in [0.1, 0.15) is 11.9 Å². The summed E-state index contributed by atoms with van der Waals surface area (Å²) in [6, 6.07) is 5.58. The number of carbonyl (C=O) groups is 1. The van der Waals surface area contributed by atoms with Gasteiger partial charge in [0.2, 0.25) is 0 Å². The second kappa shape index (κ2) is 9.44. The fraction of sp³-hybridized carbons (Fsp3) is 0.520. The zero-order chi connectivity index (χ0) is 24.6. The van der Waals surface area contributed by atoms with E-state index in [1.54, 1.807) is 31.0 Å². The van der Waals surface area contributed by atoms with E-state index in [1.807, 2.05) is 13.0 Å². The number of carbonyl (C=O) groups excluding carboxylic acids is 1. The van der Waals surface area contributed by atoms with Crippen molar-refractivity contribution in [3.63, 3.8) is 0 Å². The van der Waals surface area contributed by atoms with Crippen molar-refractivity contribution in [1.29, 1.82) is 0 Å². The fourth-order valence-electron chi connectivity index (χ4n) is 4.83. The molecule has 9 heteroatoms. The van der Waals surface area contributed by atoms with Crippen molar-refractivity contribution in [2.24, 2.45) is 0 Å². The lowest BCUT2D eigenvalue weighted by molar-refractivity contribution is -0.137. The lowest BCUT2D eigenvalue weighted by atomic mass is 9.98. The number of hydrogen-bond donors (Lipinski definition) is 0. The van der Waals surface area contributed by atoms with Crippen molar-refractivity contribution < 1.29 is 27.4 Å². The van der Waals surface area contributed by atoms with E-state index in [-0.39, 0.29) is 12.6 Å². The number of ether oxygens (including phenoxy) is 2. The third-order valence-electron chi connectivity index (χ3n) is 6.53. The van der Waals surface area contributed by atoms with Crippen molar-refractivity contribution in [2.45, 2.75) is 65.0 Å². The summed E-state index contributed by atoms with van der Waals surface area (Å²) in [6.45, 7) is 9.73. The molecule has 184 valence electrons. The molecular formula is C25H30F3N3O3. The molecule has 0 radical (unpaired) electrons. The van der Waals surface area contributed by atoms with Crippen LogP contribution in [-0.4, -0.2) is 47.8 Å². The van der Waals surface area contributed by atoms with Crippen LogP contribution in [0.15, 0.2) is 30.5 Å². The first-order chi connectivity index (χ1) is 16.1. The average molecular weight is 478 g/mol. The fourth-order valence-corrected chi connectivity index (χ4v) is 4.83. The van der Waals surface area contributed by atoms with Gasteiger partial charge in [-0.2, -0.15) is 13.2 Å². The summed E-state index contributed by atoms with van der Waals surface area (Å²) in [4.78, 5) is 21.3. The molecule has 1 aromatic carbocycles. The number of amides is 1. The Bertz CT molecular complexity index is 1050. The molecule has 2 saturated heterocycles. The molecular weight excluding hydrogens is 447 g/mol. The standard InChI is InChI=1S/C25H30F3N3O3/c1-5-30(21-6-7-33-14-21)23-19(9-16(3)12-29-23)13-31-17(4)22(34-24(31)32)18-8-15(2)10-20(11-18)25(26,27)28/h8-12,17,21-22H,5-7,13-14H2,1-4H3/t17-,21?,22-/m0/s1. The Labute approximate surface area is 197 Å². The van der Waals surface area contributed by atoms with Crippen LogP contribution in [0.4, 0.5) is 23.8 Å². The summed E-state index contributed by atoms with van der Waals surface area (Å²) >= 11 is 0. The van der Waals surface area contributed by atoms with Crippen LogP contribution in [0.2, 0.25) is 0 Å². The Balaban J connectivity index is 1.62. The number of benzene rings is 1. The van der Waals surface area contributed by atoms with E-state index in [9.17, 15) is 18.0 Å². The zero-order valence-electron chi connectivity index (χ0n) is 19.9. The van der Waals surface area contributed by atoms with Crippen molar-refractivity contribution in [3.8, 4) is 0 Å². The molecule has 1 amide bonds. The number of cyclic esters (lactones) is 1. The summed E-state index contributed by atoms with van der Waals surface area (Å²) in [5.41, 5.74) is 1.90. The number of alkyl halides is 3. The van der Waals surface area contributed by atoms with E-state index in [1.165, 1.54) is 0 Å². The smallest absolute Gasteiger partial charge is 0.416 e. The summed E-state index contributed by atoms with van der Waals surface area (Å²) in [7, 11) is 0. The maximum Gasteiger partial charge on any atom is 0.416 e. The number of rotatable bonds is 6. The first-order valence-corrected chi connectivity index (χ1v) is 11.5. The van der Waals surface area contributed by atoms with Gasteiger partial charge in [0.15, 0.2) is 0 Å². The highest BCUT2D eigenvalue weighted by Gasteiger charge is 2.41. The monoisotopic (exact) mass is 477 g/mol. The summed E-state index contributed by atoms with van der Waals surface area (Å²) in [5.74, 6) is 0.793. The molecule has 3 atom stereocenters. The minimum atomic E-state index is -4.47. The average Bonchev–Trinajstić information content (AvgIpc) is 3.39. The van der Waals surface area contributed by atoms with Gasteiger partial charge < -0.3 is 14.4 Å². The van der Waals surface area contributed by atoms with Crippen LogP contribution in [0.1, 0.15) is 54.2 Å². The van der Waals surface area contributed by atoms with Crippen molar-refractivity contribution >= 4 is 11.9 Å². The third-order valence-corrected chi connectivity index (χ3v) is 6.53. The summed E-state index contributed by atoms with van der Waals surface area (Å²) in [6.07, 6.45) is -3.10. The number of hydrogen-bond acceptors (Lipinski definition) is 5. The molecule has 0 aliphatic carbocycles. The molecule has 2 aromatic rings. The number of nitrogens with zero attached hydrogens (tertiary/aromatic N) is 3. The van der Waals surface area contributed by atoms with E-state index in [0.717, 1.165) is 42.0 Å². The van der Waals surface area contributed by atoms with Gasteiger partial charge in [-0.05, 0) is 63.4 Å². The Hall–Kier alpha value is -2.81. The predicted molar refractivity (Wildman–Crippen MR) is 122 cm³/mol. The lowest BCUT2D eigenvalue weighted by Crippen LogP contribution is -2.38. The Morgan fingerprint density at radius 1 is 1.18 bits per heavy atom. The summed E-state index contributed by atoms with van der Waals surface area (Å²) < 4.78 is 51.2. The van der Waals surface area contributed by atoms with Crippen LogP contribution >= 0.6 is 0 Å². The van der Waals surface area contributed by atoms with Gasteiger partial charge in [-0.1, -0.05) is 11.6 Å². The number of aromatic nitrogens is 1. The molecule has 0 spiro atoms. The SMILES string of the molecule is CCN(c1ncc(C)cc1CN1C(=O)O[C@H](c2cc(C)cc(C(F)(F)F)c2)[C@@H]1C)C1CCOC1. The van der Waals surface area contributed by atoms with Crippen LogP contribution in [0, 0.1) is 13.8 Å². The molecule has 1 unspecified atom stereocenters. The molecule has 0 bridgehead atoms. The van der Waals surface area contributed by atoms with Crippen LogP contribution in [-0.2, 0) is 22.2 Å². The highest BCUT2D eigenvalue weighted by Crippen LogP contribution is 2.38. The Morgan fingerprint density at radius 3 is 2.59 bits per heavy atom. The first-order valence-electron chi connectivity index (χ1n) is 11.5. The topological polar surface area (TPSA) is 54.9 Å². The molecule has 4 rings (SSSR count). The molecule has 34 heavy (non-hydrogen) atoms. The maximum atomic E-state index is 13.4. The van der Waals surface area contributed by atoms with Crippen molar-refractivity contribution in [1.82, 2.24) is 9.88 Å². The number of aryl methyl sites for hydroxylation is 2. The van der Waals surface area contributed by atoms with Gasteiger partial charge in [0.25, 0.3) is 0 Å². The number of anilines is 1. The van der Waals surface area contributed by atoms with E-state index in [0.29, 0.717) is 24.3 Å². The molecule has 3 heterocycles. The quantitative estimate of drug-likeness (QED) is 0.557.